The van der Waals surface area contributed by atoms with Crippen molar-refractivity contribution in [2.24, 2.45) is 0 Å². The average Bonchev–Trinajstić information content (AvgIpc) is 3.50. The Morgan fingerprint density at radius 1 is 1.13 bits per heavy atom. The van der Waals surface area contributed by atoms with Gasteiger partial charge in [0.15, 0.2) is 11.5 Å². The number of anilines is 3. The zero-order valence-corrected chi connectivity index (χ0v) is 16.6. The first-order valence-electron chi connectivity index (χ1n) is 9.42. The summed E-state index contributed by atoms with van der Waals surface area (Å²) in [5.41, 5.74) is 2.01. The van der Waals surface area contributed by atoms with Crippen LogP contribution in [0.25, 0.3) is 0 Å². The predicted octanol–water partition coefficient (Wildman–Crippen LogP) is 1.42. The van der Waals surface area contributed by atoms with Gasteiger partial charge in [-0.1, -0.05) is 0 Å². The fourth-order valence-electron chi connectivity index (χ4n) is 2.71. The van der Waals surface area contributed by atoms with Crippen molar-refractivity contribution < 1.29 is 9.59 Å². The predicted molar refractivity (Wildman–Crippen MR) is 108 cm³/mol. The van der Waals surface area contributed by atoms with E-state index in [4.69, 9.17) is 0 Å². The highest BCUT2D eigenvalue weighted by atomic mass is 16.2. The van der Waals surface area contributed by atoms with Crippen molar-refractivity contribution in [1.29, 1.82) is 0 Å². The summed E-state index contributed by atoms with van der Waals surface area (Å²) in [7, 11) is 3.35. The molecule has 1 aliphatic rings. The molecule has 0 aliphatic heterocycles. The van der Waals surface area contributed by atoms with Gasteiger partial charge in [0.2, 0.25) is 5.91 Å². The molecule has 11 nitrogen and oxygen atoms in total. The molecule has 2 N–H and O–H groups in total. The summed E-state index contributed by atoms with van der Waals surface area (Å²) < 4.78 is 1.46. The third-order valence-electron chi connectivity index (χ3n) is 4.51. The molecule has 154 valence electrons. The molecule has 0 spiro atoms. The lowest BCUT2D eigenvalue weighted by Crippen LogP contribution is -2.26. The van der Waals surface area contributed by atoms with Crippen LogP contribution in [0.2, 0.25) is 0 Å². The van der Waals surface area contributed by atoms with Crippen LogP contribution in [0.4, 0.5) is 17.2 Å². The number of hydrogen-bond acceptors (Lipinski definition) is 8. The zero-order chi connectivity index (χ0) is 21.1. The van der Waals surface area contributed by atoms with Crippen LogP contribution >= 0.6 is 0 Å². The van der Waals surface area contributed by atoms with Gasteiger partial charge in [0, 0.05) is 26.2 Å². The minimum atomic E-state index is -0.428. The molecule has 30 heavy (non-hydrogen) atoms. The molecule has 0 radical (unpaired) electrons. The number of hydrogen-bond donors (Lipinski definition) is 2. The van der Waals surface area contributed by atoms with Crippen molar-refractivity contribution in [3.8, 4) is 0 Å². The number of amides is 2. The number of nitrogens with zero attached hydrogens (tertiary/aromatic N) is 7. The molecule has 3 aromatic heterocycles. The van der Waals surface area contributed by atoms with Gasteiger partial charge >= 0.3 is 0 Å². The van der Waals surface area contributed by atoms with Crippen LogP contribution in [0.1, 0.15) is 34.9 Å². The highest BCUT2D eigenvalue weighted by Crippen LogP contribution is 2.39. The van der Waals surface area contributed by atoms with E-state index >= 15 is 0 Å². The van der Waals surface area contributed by atoms with E-state index in [1.165, 1.54) is 22.1 Å². The molecule has 3 heterocycles. The molecular formula is C19H21N9O2. The maximum absolute atomic E-state index is 13.0. The number of aromatic nitrogens is 6. The largest absolute Gasteiger partial charge is 0.347 e. The number of carbonyl (C=O) groups is 2. The van der Waals surface area contributed by atoms with Crippen LogP contribution in [0, 0.1) is 0 Å². The highest BCUT2D eigenvalue weighted by molar-refractivity contribution is 6.06. The van der Waals surface area contributed by atoms with Gasteiger partial charge in [0.25, 0.3) is 5.91 Å². The number of carbonyl (C=O) groups excluding carboxylic acids is 2. The van der Waals surface area contributed by atoms with E-state index in [2.05, 4.69) is 35.7 Å². The van der Waals surface area contributed by atoms with Crippen LogP contribution in [0.3, 0.4) is 0 Å². The molecule has 4 rings (SSSR count). The molecule has 1 aliphatic carbocycles. The summed E-state index contributed by atoms with van der Waals surface area (Å²) in [6.45, 7) is 0.0840. The van der Waals surface area contributed by atoms with Gasteiger partial charge < -0.3 is 15.5 Å². The number of rotatable bonds is 7. The molecule has 3 aromatic rings. The van der Waals surface area contributed by atoms with Gasteiger partial charge in [0.05, 0.1) is 41.9 Å². The summed E-state index contributed by atoms with van der Waals surface area (Å²) in [4.78, 5) is 43.1. The van der Waals surface area contributed by atoms with Crippen LogP contribution in [0.15, 0.2) is 37.3 Å². The number of likely N-dealkylation sites (N-methyl/N-ethyl adjacent to an activating group) is 1. The van der Waals surface area contributed by atoms with Crippen LogP contribution < -0.4 is 10.6 Å². The lowest BCUT2D eigenvalue weighted by Gasteiger charge is -2.11. The second-order valence-electron chi connectivity index (χ2n) is 7.19. The maximum atomic E-state index is 13.0. The highest BCUT2D eigenvalue weighted by Gasteiger charge is 2.28. The quantitative estimate of drug-likeness (QED) is 0.601. The lowest BCUT2D eigenvalue weighted by atomic mass is 10.2. The Labute approximate surface area is 172 Å². The Morgan fingerprint density at radius 2 is 1.90 bits per heavy atom. The van der Waals surface area contributed by atoms with Gasteiger partial charge in [-0.15, -0.1) is 0 Å². The van der Waals surface area contributed by atoms with Crippen molar-refractivity contribution in [2.45, 2.75) is 25.3 Å². The monoisotopic (exact) mass is 407 g/mol. The Balaban J connectivity index is 1.54. The summed E-state index contributed by atoms with van der Waals surface area (Å²) in [6.07, 6.45) is 11.4. The lowest BCUT2D eigenvalue weighted by molar-refractivity contribution is -0.129. The Bertz CT molecular complexity index is 1060. The fraction of sp³-hybridized carbons (Fsp3) is 0.316. The Kier molecular flexibility index (Phi) is 5.33. The second kappa shape index (κ2) is 8.23. The summed E-state index contributed by atoms with van der Waals surface area (Å²) >= 11 is 0. The van der Waals surface area contributed by atoms with Crippen LogP contribution in [0.5, 0.6) is 0 Å². The minimum Gasteiger partial charge on any atom is -0.347 e. The third-order valence-corrected chi connectivity index (χ3v) is 4.51. The smallest absolute Gasteiger partial charge is 0.278 e. The van der Waals surface area contributed by atoms with E-state index in [9.17, 15) is 9.59 Å². The first-order chi connectivity index (χ1) is 14.5. The van der Waals surface area contributed by atoms with E-state index in [1.54, 1.807) is 38.9 Å². The van der Waals surface area contributed by atoms with Crippen molar-refractivity contribution in [3.05, 3.63) is 48.7 Å². The van der Waals surface area contributed by atoms with Crippen LogP contribution in [-0.2, 0) is 11.3 Å². The molecule has 0 unspecified atom stereocenters. The molecule has 0 bridgehead atoms. The SMILES string of the molecule is CN(C)C(=O)Cn1cc(NC(=O)c2nc(C3CC3)cnc2Nc2cncnc2)cn1. The molecule has 0 aromatic carbocycles. The van der Waals surface area contributed by atoms with E-state index < -0.39 is 5.91 Å². The Morgan fingerprint density at radius 3 is 2.60 bits per heavy atom. The summed E-state index contributed by atoms with van der Waals surface area (Å²) in [6, 6.07) is 0. The second-order valence-corrected chi connectivity index (χ2v) is 7.19. The Hall–Kier alpha value is -3.89. The van der Waals surface area contributed by atoms with E-state index in [0.717, 1.165) is 18.5 Å². The molecule has 2 amide bonds. The molecular weight excluding hydrogens is 386 g/mol. The normalized spacial score (nSPS) is 13.0. The first kappa shape index (κ1) is 19.4. The molecule has 1 saturated carbocycles. The molecule has 1 fully saturated rings. The van der Waals surface area contributed by atoms with Gasteiger partial charge in [0.1, 0.15) is 12.9 Å². The summed E-state index contributed by atoms with van der Waals surface area (Å²) in [5.74, 6) is 0.123. The topological polar surface area (TPSA) is 131 Å². The van der Waals surface area contributed by atoms with Gasteiger partial charge in [-0.25, -0.2) is 19.9 Å². The number of nitrogens with one attached hydrogen (secondary N) is 2. The van der Waals surface area contributed by atoms with Crippen molar-refractivity contribution >= 4 is 29.0 Å². The van der Waals surface area contributed by atoms with Gasteiger partial charge in [-0.05, 0) is 12.8 Å². The standard InChI is InChI=1S/C19H21N9O2/c1-27(2)16(29)10-28-9-14(7-23-28)25-19(30)17-18(24-13-5-20-11-21-6-13)22-8-15(26-17)12-3-4-12/h5-9,11-12H,3-4,10H2,1-2H3,(H,22,24)(H,25,30). The van der Waals surface area contributed by atoms with Crippen molar-refractivity contribution in [2.75, 3.05) is 24.7 Å². The third kappa shape index (κ3) is 4.57. The first-order valence-corrected chi connectivity index (χ1v) is 9.42. The summed E-state index contributed by atoms with van der Waals surface area (Å²) in [5, 5.41) is 9.93. The maximum Gasteiger partial charge on any atom is 0.278 e. The minimum absolute atomic E-state index is 0.0840. The van der Waals surface area contributed by atoms with E-state index in [1.807, 2.05) is 0 Å². The zero-order valence-electron chi connectivity index (χ0n) is 16.6. The van der Waals surface area contributed by atoms with Crippen molar-refractivity contribution in [1.82, 2.24) is 34.6 Å². The van der Waals surface area contributed by atoms with Gasteiger partial charge in [-0.3, -0.25) is 14.3 Å². The van der Waals surface area contributed by atoms with Crippen molar-refractivity contribution in [3.63, 3.8) is 0 Å². The average molecular weight is 407 g/mol. The molecule has 0 saturated heterocycles. The van der Waals surface area contributed by atoms with Gasteiger partial charge in [-0.2, -0.15) is 5.10 Å². The fourth-order valence-corrected chi connectivity index (χ4v) is 2.71. The molecule has 0 atom stereocenters. The van der Waals surface area contributed by atoms with E-state index in [0.29, 0.717) is 23.1 Å². The molecule has 11 heteroatoms. The van der Waals surface area contributed by atoms with Crippen LogP contribution in [-0.4, -0.2) is 60.5 Å². The van der Waals surface area contributed by atoms with E-state index in [-0.39, 0.29) is 18.1 Å².